The first kappa shape index (κ1) is 20.3. The fraction of sp³-hybridized carbons (Fsp3) is 0.409. The Bertz CT molecular complexity index is 719. The van der Waals surface area contributed by atoms with E-state index >= 15 is 0 Å². The molecule has 0 amide bonds. The summed E-state index contributed by atoms with van der Waals surface area (Å²) in [4.78, 5) is 14.2. The van der Waals surface area contributed by atoms with Crippen LogP contribution in [0.1, 0.15) is 37.7 Å². The second-order valence-electron chi connectivity index (χ2n) is 6.56. The first-order valence-electron chi connectivity index (χ1n) is 9.37. The van der Waals surface area contributed by atoms with Gasteiger partial charge in [-0.2, -0.15) is 10.5 Å². The van der Waals surface area contributed by atoms with Gasteiger partial charge in [0.2, 0.25) is 0 Å². The molecule has 140 valence electrons. The molecule has 0 atom stereocenters. The van der Waals surface area contributed by atoms with Crippen LogP contribution in [-0.4, -0.2) is 30.1 Å². The van der Waals surface area contributed by atoms with Gasteiger partial charge in [-0.05, 0) is 36.8 Å². The van der Waals surface area contributed by atoms with Crippen LogP contribution < -0.4 is 0 Å². The summed E-state index contributed by atoms with van der Waals surface area (Å²) in [6.07, 6.45) is 11.3. The molecule has 1 fully saturated rings. The van der Waals surface area contributed by atoms with Gasteiger partial charge in [0.05, 0.1) is 13.0 Å². The number of allylic oxidation sites excluding steroid dienone is 3. The van der Waals surface area contributed by atoms with E-state index in [-0.39, 0.29) is 18.0 Å². The van der Waals surface area contributed by atoms with Crippen molar-refractivity contribution < 1.29 is 9.53 Å². The van der Waals surface area contributed by atoms with Crippen LogP contribution in [0.25, 0.3) is 0 Å². The molecule has 5 heteroatoms. The Morgan fingerprint density at radius 1 is 1.15 bits per heavy atom. The molecule has 0 aliphatic heterocycles. The summed E-state index contributed by atoms with van der Waals surface area (Å²) in [6, 6.07) is 13.6. The van der Waals surface area contributed by atoms with Gasteiger partial charge in [0.25, 0.3) is 0 Å². The summed E-state index contributed by atoms with van der Waals surface area (Å²) in [7, 11) is 0. The number of ether oxygens (including phenoxy) is 1. The quantitative estimate of drug-likeness (QED) is 0.398. The minimum atomic E-state index is -0.232. The van der Waals surface area contributed by atoms with Crippen molar-refractivity contribution in [1.82, 2.24) is 4.90 Å². The van der Waals surface area contributed by atoms with Crippen LogP contribution in [0.3, 0.4) is 0 Å². The van der Waals surface area contributed by atoms with Crippen molar-refractivity contribution in [3.63, 3.8) is 0 Å². The lowest BCUT2D eigenvalue weighted by molar-refractivity contribution is -0.143. The van der Waals surface area contributed by atoms with E-state index in [9.17, 15) is 4.79 Å². The van der Waals surface area contributed by atoms with Crippen LogP contribution >= 0.6 is 0 Å². The van der Waals surface area contributed by atoms with Crippen LogP contribution in [0.15, 0.2) is 54.3 Å². The molecule has 1 aromatic carbocycles. The molecule has 5 nitrogen and oxygen atoms in total. The number of carbonyl (C=O) groups is 1. The van der Waals surface area contributed by atoms with Crippen LogP contribution in [0.2, 0.25) is 0 Å². The lowest BCUT2D eigenvalue weighted by Gasteiger charge is -2.33. The zero-order chi connectivity index (χ0) is 19.3. The third-order valence-electron chi connectivity index (χ3n) is 4.63. The van der Waals surface area contributed by atoms with E-state index < -0.39 is 0 Å². The van der Waals surface area contributed by atoms with Crippen LogP contribution in [0.5, 0.6) is 0 Å². The van der Waals surface area contributed by atoms with Gasteiger partial charge in [-0.3, -0.25) is 4.79 Å². The molecule has 0 unspecified atom stereocenters. The van der Waals surface area contributed by atoms with E-state index in [1.807, 2.05) is 48.7 Å². The van der Waals surface area contributed by atoms with Crippen molar-refractivity contribution in [3.8, 4) is 12.1 Å². The van der Waals surface area contributed by atoms with Gasteiger partial charge in [-0.1, -0.05) is 49.6 Å². The molecule has 0 saturated heterocycles. The zero-order valence-electron chi connectivity index (χ0n) is 15.5. The summed E-state index contributed by atoms with van der Waals surface area (Å²) in [5, 5.41) is 17.6. The number of benzene rings is 1. The number of hydrogen-bond acceptors (Lipinski definition) is 5. The highest BCUT2D eigenvalue weighted by Crippen LogP contribution is 2.22. The summed E-state index contributed by atoms with van der Waals surface area (Å²) < 4.78 is 5.40. The Kier molecular flexibility index (Phi) is 8.66. The maximum Gasteiger partial charge on any atom is 0.310 e. The Morgan fingerprint density at radius 2 is 1.85 bits per heavy atom. The standard InChI is InChI=1S/C22H25N3O2/c23-17-20(18-24)10-7-13-25(21-11-5-2-6-12-21)14-15-27-22(26)16-19-8-3-1-4-9-19/h1,3-4,7-10,13,21H,2,5-6,11-12,14-16H2. The van der Waals surface area contributed by atoms with Crippen molar-refractivity contribution in [1.29, 1.82) is 10.5 Å². The third-order valence-corrected chi connectivity index (χ3v) is 4.63. The van der Waals surface area contributed by atoms with Gasteiger partial charge in [0.15, 0.2) is 0 Å². The highest BCUT2D eigenvalue weighted by atomic mass is 16.5. The highest BCUT2D eigenvalue weighted by molar-refractivity contribution is 5.72. The normalized spacial score (nSPS) is 14.1. The summed E-state index contributed by atoms with van der Waals surface area (Å²) in [6.45, 7) is 0.920. The van der Waals surface area contributed by atoms with Crippen molar-refractivity contribution >= 4 is 5.97 Å². The number of carbonyl (C=O) groups excluding carboxylic acids is 1. The fourth-order valence-corrected chi connectivity index (χ4v) is 3.22. The SMILES string of the molecule is N#CC(C#N)=CC=CN(CCOC(=O)Cc1ccccc1)C1CCCCC1. The maximum atomic E-state index is 12.0. The molecule has 1 aliphatic rings. The molecule has 0 N–H and O–H groups in total. The zero-order valence-corrected chi connectivity index (χ0v) is 15.5. The fourth-order valence-electron chi connectivity index (χ4n) is 3.22. The van der Waals surface area contributed by atoms with Gasteiger partial charge in [-0.15, -0.1) is 0 Å². The number of nitrogens with zero attached hydrogens (tertiary/aromatic N) is 3. The maximum absolute atomic E-state index is 12.0. The Morgan fingerprint density at radius 3 is 2.52 bits per heavy atom. The van der Waals surface area contributed by atoms with Gasteiger partial charge in [0, 0.05) is 6.04 Å². The predicted octanol–water partition coefficient (Wildman–Crippen LogP) is 3.89. The molecule has 2 rings (SSSR count). The lowest BCUT2D eigenvalue weighted by Crippen LogP contribution is -2.35. The van der Waals surface area contributed by atoms with Crippen molar-refractivity contribution in [3.05, 3.63) is 59.8 Å². The van der Waals surface area contributed by atoms with Crippen LogP contribution in [0.4, 0.5) is 0 Å². The minimum absolute atomic E-state index is 0.0733. The Labute approximate surface area is 161 Å². The second-order valence-corrected chi connectivity index (χ2v) is 6.56. The van der Waals surface area contributed by atoms with E-state index in [0.717, 1.165) is 18.4 Å². The molecular weight excluding hydrogens is 338 g/mol. The number of hydrogen-bond donors (Lipinski definition) is 0. The summed E-state index contributed by atoms with van der Waals surface area (Å²) in [5.74, 6) is -0.232. The van der Waals surface area contributed by atoms with Crippen molar-refractivity contribution in [2.45, 2.75) is 44.6 Å². The molecule has 1 aromatic rings. The predicted molar refractivity (Wildman–Crippen MR) is 103 cm³/mol. The van der Waals surface area contributed by atoms with Gasteiger partial charge in [0.1, 0.15) is 24.3 Å². The number of esters is 1. The van der Waals surface area contributed by atoms with Crippen LogP contribution in [0, 0.1) is 22.7 Å². The molecule has 1 saturated carbocycles. The van der Waals surface area contributed by atoms with E-state index in [2.05, 4.69) is 4.90 Å². The lowest BCUT2D eigenvalue weighted by atomic mass is 9.94. The first-order chi connectivity index (χ1) is 13.2. The summed E-state index contributed by atoms with van der Waals surface area (Å²) in [5.41, 5.74) is 1.02. The molecule has 0 aromatic heterocycles. The van der Waals surface area contributed by atoms with Crippen molar-refractivity contribution in [2.75, 3.05) is 13.2 Å². The highest BCUT2D eigenvalue weighted by Gasteiger charge is 2.18. The van der Waals surface area contributed by atoms with E-state index in [1.54, 1.807) is 6.08 Å². The van der Waals surface area contributed by atoms with E-state index in [4.69, 9.17) is 15.3 Å². The molecule has 1 aliphatic carbocycles. The smallest absolute Gasteiger partial charge is 0.310 e. The largest absolute Gasteiger partial charge is 0.464 e. The topological polar surface area (TPSA) is 77.1 Å². The average Bonchev–Trinajstić information content (AvgIpc) is 2.71. The molecule has 0 heterocycles. The Balaban J connectivity index is 1.88. The van der Waals surface area contributed by atoms with Crippen molar-refractivity contribution in [2.24, 2.45) is 0 Å². The van der Waals surface area contributed by atoms with Gasteiger partial charge in [-0.25, -0.2) is 0 Å². The molecule has 27 heavy (non-hydrogen) atoms. The minimum Gasteiger partial charge on any atom is -0.464 e. The second kappa shape index (κ2) is 11.5. The third kappa shape index (κ3) is 7.38. The molecule has 0 radical (unpaired) electrons. The summed E-state index contributed by atoms with van der Waals surface area (Å²) >= 11 is 0. The van der Waals surface area contributed by atoms with E-state index in [0.29, 0.717) is 19.2 Å². The molecular formula is C22H25N3O2. The molecule has 0 spiro atoms. The van der Waals surface area contributed by atoms with Crippen LogP contribution in [-0.2, 0) is 16.0 Å². The van der Waals surface area contributed by atoms with E-state index in [1.165, 1.54) is 25.3 Å². The number of rotatable bonds is 8. The molecule has 0 bridgehead atoms. The first-order valence-corrected chi connectivity index (χ1v) is 9.37. The van der Waals surface area contributed by atoms with Gasteiger partial charge < -0.3 is 9.64 Å². The Hall–Kier alpha value is -3.05. The number of nitriles is 2. The van der Waals surface area contributed by atoms with Gasteiger partial charge >= 0.3 is 5.97 Å². The monoisotopic (exact) mass is 363 g/mol. The average molecular weight is 363 g/mol.